The third kappa shape index (κ3) is 6.42. The first-order chi connectivity index (χ1) is 13.4. The van der Waals surface area contributed by atoms with Crippen LogP contribution in [0.1, 0.15) is 29.8 Å². The first-order valence-electron chi connectivity index (χ1n) is 8.73. The molecular formula is C21H23NO6. The minimum Gasteiger partial charge on any atom is -0.497 e. The zero-order chi connectivity index (χ0) is 20.5. The molecule has 7 nitrogen and oxygen atoms in total. The van der Waals surface area contributed by atoms with Gasteiger partial charge in [0.15, 0.2) is 18.5 Å². The molecule has 0 aromatic heterocycles. The lowest BCUT2D eigenvalue weighted by Crippen LogP contribution is -2.36. The highest BCUT2D eigenvalue weighted by molar-refractivity contribution is 5.94. The number of ether oxygens (including phenoxy) is 3. The Hall–Kier alpha value is -3.35. The number of amides is 1. The van der Waals surface area contributed by atoms with Crippen LogP contribution in [-0.4, -0.2) is 37.5 Å². The molecule has 0 saturated heterocycles. The normalized spacial score (nSPS) is 11.2. The van der Waals surface area contributed by atoms with Gasteiger partial charge >= 0.3 is 5.97 Å². The van der Waals surface area contributed by atoms with Crippen LogP contribution in [0.15, 0.2) is 48.5 Å². The number of carbonyl (C=O) groups is 3. The number of benzene rings is 2. The van der Waals surface area contributed by atoms with Crippen molar-refractivity contribution >= 4 is 17.7 Å². The van der Waals surface area contributed by atoms with Gasteiger partial charge in [-0.25, -0.2) is 4.79 Å². The van der Waals surface area contributed by atoms with E-state index in [2.05, 4.69) is 5.32 Å². The molecule has 0 bridgehead atoms. The molecule has 0 aliphatic carbocycles. The lowest BCUT2D eigenvalue weighted by Gasteiger charge is -2.14. The van der Waals surface area contributed by atoms with Gasteiger partial charge in [0.05, 0.1) is 7.11 Å². The molecule has 0 fully saturated rings. The summed E-state index contributed by atoms with van der Waals surface area (Å²) < 4.78 is 15.5. The SMILES string of the molecule is COc1ccc(CNC(=O)[C@@H](C)OC(=O)COc2cccc(C(C)=O)c2)cc1. The van der Waals surface area contributed by atoms with E-state index < -0.39 is 18.0 Å². The number of hydrogen-bond donors (Lipinski definition) is 1. The Morgan fingerprint density at radius 2 is 1.75 bits per heavy atom. The molecule has 0 saturated carbocycles. The number of nitrogens with one attached hydrogen (secondary N) is 1. The van der Waals surface area contributed by atoms with E-state index in [4.69, 9.17) is 14.2 Å². The quantitative estimate of drug-likeness (QED) is 0.527. The first-order valence-corrected chi connectivity index (χ1v) is 8.73. The summed E-state index contributed by atoms with van der Waals surface area (Å²) in [6.07, 6.45) is -0.960. The zero-order valence-electron chi connectivity index (χ0n) is 16.1. The van der Waals surface area contributed by atoms with Crippen LogP contribution in [0, 0.1) is 0 Å². The van der Waals surface area contributed by atoms with Crippen LogP contribution in [0.2, 0.25) is 0 Å². The maximum Gasteiger partial charge on any atom is 0.344 e. The van der Waals surface area contributed by atoms with E-state index in [0.717, 1.165) is 11.3 Å². The smallest absolute Gasteiger partial charge is 0.344 e. The fourth-order valence-electron chi connectivity index (χ4n) is 2.31. The molecule has 1 amide bonds. The summed E-state index contributed by atoms with van der Waals surface area (Å²) in [6, 6.07) is 13.7. The Bertz CT molecular complexity index is 831. The molecule has 2 aromatic rings. The summed E-state index contributed by atoms with van der Waals surface area (Å²) >= 11 is 0. The van der Waals surface area contributed by atoms with Gasteiger partial charge in [-0.3, -0.25) is 9.59 Å². The third-order valence-corrected chi connectivity index (χ3v) is 3.90. The second-order valence-electron chi connectivity index (χ2n) is 6.07. The fraction of sp³-hybridized carbons (Fsp3) is 0.286. The highest BCUT2D eigenvalue weighted by Gasteiger charge is 2.18. The number of carbonyl (C=O) groups excluding carboxylic acids is 3. The van der Waals surface area contributed by atoms with Crippen molar-refractivity contribution in [3.05, 3.63) is 59.7 Å². The monoisotopic (exact) mass is 385 g/mol. The molecule has 1 N–H and O–H groups in total. The maximum absolute atomic E-state index is 12.1. The van der Waals surface area contributed by atoms with E-state index in [1.807, 2.05) is 12.1 Å². The van der Waals surface area contributed by atoms with Crippen LogP contribution >= 0.6 is 0 Å². The molecule has 0 spiro atoms. The second-order valence-corrected chi connectivity index (χ2v) is 6.07. The molecule has 0 radical (unpaired) electrons. The molecule has 148 valence electrons. The molecule has 0 aliphatic rings. The number of methoxy groups -OCH3 is 1. The Labute approximate surface area is 163 Å². The fourth-order valence-corrected chi connectivity index (χ4v) is 2.31. The number of esters is 1. The number of rotatable bonds is 9. The molecule has 0 aliphatic heterocycles. The molecule has 2 rings (SSSR count). The molecule has 0 heterocycles. The maximum atomic E-state index is 12.1. The van der Waals surface area contributed by atoms with Crippen molar-refractivity contribution in [2.75, 3.05) is 13.7 Å². The van der Waals surface area contributed by atoms with Gasteiger partial charge in [-0.05, 0) is 43.7 Å². The topological polar surface area (TPSA) is 90.9 Å². The summed E-state index contributed by atoms with van der Waals surface area (Å²) in [6.45, 7) is 2.87. The van der Waals surface area contributed by atoms with E-state index in [1.54, 1.807) is 43.5 Å². The summed E-state index contributed by atoms with van der Waals surface area (Å²) in [7, 11) is 1.58. The van der Waals surface area contributed by atoms with Gasteiger partial charge in [-0.15, -0.1) is 0 Å². The van der Waals surface area contributed by atoms with Crippen molar-refractivity contribution in [1.82, 2.24) is 5.32 Å². The highest BCUT2D eigenvalue weighted by Crippen LogP contribution is 2.14. The first kappa shape index (κ1) is 21.0. The molecule has 1 atom stereocenters. The van der Waals surface area contributed by atoms with E-state index in [0.29, 0.717) is 17.9 Å². The summed E-state index contributed by atoms with van der Waals surface area (Å²) in [4.78, 5) is 35.3. The number of Topliss-reactive ketones (excluding diaryl/α,β-unsaturated/α-hetero) is 1. The van der Waals surface area contributed by atoms with Crippen molar-refractivity contribution < 1.29 is 28.6 Å². The Morgan fingerprint density at radius 1 is 1.04 bits per heavy atom. The summed E-state index contributed by atoms with van der Waals surface area (Å²) in [5.41, 5.74) is 1.37. The van der Waals surface area contributed by atoms with Crippen molar-refractivity contribution in [3.63, 3.8) is 0 Å². The van der Waals surface area contributed by atoms with Gasteiger partial charge in [0.1, 0.15) is 11.5 Å². The average Bonchev–Trinajstić information content (AvgIpc) is 2.71. The zero-order valence-corrected chi connectivity index (χ0v) is 16.1. The van der Waals surface area contributed by atoms with Crippen LogP contribution in [-0.2, 0) is 20.9 Å². The van der Waals surface area contributed by atoms with Crippen molar-refractivity contribution in [3.8, 4) is 11.5 Å². The molecule has 0 unspecified atom stereocenters. The van der Waals surface area contributed by atoms with E-state index in [9.17, 15) is 14.4 Å². The molecule has 28 heavy (non-hydrogen) atoms. The predicted molar refractivity (Wildman–Crippen MR) is 102 cm³/mol. The summed E-state index contributed by atoms with van der Waals surface area (Å²) in [5, 5.41) is 2.70. The lowest BCUT2D eigenvalue weighted by atomic mass is 10.1. The van der Waals surface area contributed by atoms with Crippen LogP contribution < -0.4 is 14.8 Å². The van der Waals surface area contributed by atoms with Crippen molar-refractivity contribution in [2.24, 2.45) is 0 Å². The number of ketones is 1. The minimum absolute atomic E-state index is 0.102. The Balaban J connectivity index is 1.76. The minimum atomic E-state index is -0.960. The molecule has 2 aromatic carbocycles. The Morgan fingerprint density at radius 3 is 2.39 bits per heavy atom. The second kappa shape index (κ2) is 10.1. The summed E-state index contributed by atoms with van der Waals surface area (Å²) in [5.74, 6) is -0.0919. The van der Waals surface area contributed by atoms with Gasteiger partial charge in [-0.2, -0.15) is 0 Å². The van der Waals surface area contributed by atoms with Crippen LogP contribution in [0.3, 0.4) is 0 Å². The van der Waals surface area contributed by atoms with E-state index >= 15 is 0 Å². The van der Waals surface area contributed by atoms with Gasteiger partial charge in [-0.1, -0.05) is 24.3 Å². The van der Waals surface area contributed by atoms with Crippen molar-refractivity contribution in [1.29, 1.82) is 0 Å². The van der Waals surface area contributed by atoms with Gasteiger partial charge in [0.2, 0.25) is 0 Å². The number of hydrogen-bond acceptors (Lipinski definition) is 6. The van der Waals surface area contributed by atoms with Gasteiger partial charge in [0, 0.05) is 12.1 Å². The molecular weight excluding hydrogens is 362 g/mol. The Kier molecular flexibility index (Phi) is 7.56. The van der Waals surface area contributed by atoms with E-state index in [1.165, 1.54) is 13.8 Å². The van der Waals surface area contributed by atoms with Crippen LogP contribution in [0.5, 0.6) is 11.5 Å². The van der Waals surface area contributed by atoms with E-state index in [-0.39, 0.29) is 12.4 Å². The standard InChI is InChI=1S/C21H23NO6/c1-14(23)17-5-4-6-19(11-17)27-13-20(24)28-15(2)21(25)22-12-16-7-9-18(26-3)10-8-16/h4-11,15H,12-13H2,1-3H3,(H,22,25)/t15-/m1/s1. The van der Waals surface area contributed by atoms with Crippen molar-refractivity contribution in [2.45, 2.75) is 26.5 Å². The molecule has 7 heteroatoms. The van der Waals surface area contributed by atoms with Gasteiger partial charge in [0.25, 0.3) is 5.91 Å². The average molecular weight is 385 g/mol. The van der Waals surface area contributed by atoms with Crippen LogP contribution in [0.25, 0.3) is 0 Å². The van der Waals surface area contributed by atoms with Crippen LogP contribution in [0.4, 0.5) is 0 Å². The highest BCUT2D eigenvalue weighted by atomic mass is 16.6. The predicted octanol–water partition coefficient (Wildman–Crippen LogP) is 2.52. The largest absolute Gasteiger partial charge is 0.497 e. The lowest BCUT2D eigenvalue weighted by molar-refractivity contribution is -0.156. The third-order valence-electron chi connectivity index (χ3n) is 3.90. The van der Waals surface area contributed by atoms with Gasteiger partial charge < -0.3 is 19.5 Å².